The van der Waals surface area contributed by atoms with Gasteiger partial charge in [-0.1, -0.05) is 0 Å². The van der Waals surface area contributed by atoms with Crippen LogP contribution in [0.25, 0.3) is 56.0 Å². The number of aromatic amines is 2. The fourth-order valence-corrected chi connectivity index (χ4v) is 4.97. The van der Waals surface area contributed by atoms with Crippen LogP contribution in [-0.2, 0) is 0 Å². The van der Waals surface area contributed by atoms with Crippen molar-refractivity contribution < 1.29 is 14.2 Å². The second-order valence-corrected chi connectivity index (χ2v) is 9.51. The number of imidazole rings is 1. The average molecular weight is 523 g/mol. The van der Waals surface area contributed by atoms with Gasteiger partial charge in [-0.05, 0) is 61.8 Å². The first-order valence-electron chi connectivity index (χ1n) is 12.6. The number of nitrogens with one attached hydrogen (secondary N) is 3. The van der Waals surface area contributed by atoms with Gasteiger partial charge in [0, 0.05) is 41.3 Å². The molecule has 0 bridgehead atoms. The van der Waals surface area contributed by atoms with Gasteiger partial charge in [0.25, 0.3) is 0 Å². The minimum Gasteiger partial charge on any atom is -0.508 e. The van der Waals surface area contributed by atoms with Crippen molar-refractivity contribution in [2.45, 2.75) is 18.9 Å². The van der Waals surface area contributed by atoms with E-state index in [4.69, 9.17) is 9.72 Å². The van der Waals surface area contributed by atoms with Gasteiger partial charge in [-0.2, -0.15) is 5.10 Å². The van der Waals surface area contributed by atoms with Crippen molar-refractivity contribution >= 4 is 22.2 Å². The predicted molar refractivity (Wildman–Crippen MR) is 144 cm³/mol. The molecule has 0 unspecified atom stereocenters. The van der Waals surface area contributed by atoms with Crippen molar-refractivity contribution in [1.82, 2.24) is 40.4 Å². The van der Waals surface area contributed by atoms with Gasteiger partial charge in [0.2, 0.25) is 0 Å². The fraction of sp³-hybridized carbons (Fsp3) is 0.179. The van der Waals surface area contributed by atoms with Crippen LogP contribution in [0.4, 0.5) is 4.39 Å². The Morgan fingerprint density at radius 1 is 0.923 bits per heavy atom. The number of pyridine rings is 3. The fourth-order valence-electron chi connectivity index (χ4n) is 4.97. The van der Waals surface area contributed by atoms with E-state index in [2.05, 4.69) is 35.5 Å². The number of benzene rings is 1. The van der Waals surface area contributed by atoms with Gasteiger partial charge in [0.1, 0.15) is 34.6 Å². The molecular weight excluding hydrogens is 499 g/mol. The molecule has 0 aliphatic carbocycles. The summed E-state index contributed by atoms with van der Waals surface area (Å²) in [5.74, 6) is 0.507. The summed E-state index contributed by atoms with van der Waals surface area (Å²) in [7, 11) is 0. The van der Waals surface area contributed by atoms with E-state index in [1.54, 1.807) is 30.9 Å². The molecule has 6 heterocycles. The monoisotopic (exact) mass is 522 g/mol. The normalized spacial score (nSPS) is 14.3. The van der Waals surface area contributed by atoms with Crippen LogP contribution in [-0.4, -0.2) is 59.4 Å². The molecule has 1 aliphatic rings. The quantitative estimate of drug-likeness (QED) is 0.258. The van der Waals surface area contributed by atoms with Crippen LogP contribution >= 0.6 is 0 Å². The summed E-state index contributed by atoms with van der Waals surface area (Å²) in [6, 6.07) is 9.59. The van der Waals surface area contributed by atoms with Crippen molar-refractivity contribution in [2.24, 2.45) is 0 Å². The van der Waals surface area contributed by atoms with Crippen LogP contribution in [0.3, 0.4) is 0 Å². The third kappa shape index (κ3) is 4.42. The zero-order chi connectivity index (χ0) is 26.3. The highest BCUT2D eigenvalue weighted by Crippen LogP contribution is 2.33. The Hall–Kier alpha value is -4.90. The van der Waals surface area contributed by atoms with Gasteiger partial charge in [-0.3, -0.25) is 10.1 Å². The summed E-state index contributed by atoms with van der Waals surface area (Å²) in [6.07, 6.45) is 8.99. The number of phenolic OH excluding ortho intramolecular Hbond substituents is 1. The zero-order valence-electron chi connectivity index (χ0n) is 20.6. The minimum atomic E-state index is -0.540. The van der Waals surface area contributed by atoms with Gasteiger partial charge in [-0.15, -0.1) is 0 Å². The lowest BCUT2D eigenvalue weighted by Gasteiger charge is -2.23. The van der Waals surface area contributed by atoms with Crippen molar-refractivity contribution in [1.29, 1.82) is 0 Å². The Morgan fingerprint density at radius 2 is 1.79 bits per heavy atom. The number of hydrogen-bond acceptors (Lipinski definition) is 8. The molecule has 0 radical (unpaired) electrons. The molecule has 1 saturated heterocycles. The van der Waals surface area contributed by atoms with E-state index in [9.17, 15) is 9.50 Å². The third-order valence-electron chi connectivity index (χ3n) is 6.85. The van der Waals surface area contributed by atoms with E-state index in [-0.39, 0.29) is 11.9 Å². The molecule has 0 amide bonds. The van der Waals surface area contributed by atoms with Crippen LogP contribution in [0.2, 0.25) is 0 Å². The van der Waals surface area contributed by atoms with E-state index in [1.807, 2.05) is 12.1 Å². The van der Waals surface area contributed by atoms with Gasteiger partial charge in [0.05, 0.1) is 11.6 Å². The number of aromatic hydroxyl groups is 1. The van der Waals surface area contributed by atoms with Gasteiger partial charge >= 0.3 is 0 Å². The number of fused-ring (bicyclic) bond motifs is 2. The number of halogens is 1. The number of aromatic nitrogens is 7. The Kier molecular flexibility index (Phi) is 5.63. The number of ether oxygens (including phenoxy) is 1. The number of H-pyrrole nitrogens is 2. The van der Waals surface area contributed by atoms with Gasteiger partial charge < -0.3 is 20.1 Å². The summed E-state index contributed by atoms with van der Waals surface area (Å²) in [5.41, 5.74) is 5.08. The van der Waals surface area contributed by atoms with E-state index < -0.39 is 5.82 Å². The molecule has 4 N–H and O–H groups in total. The zero-order valence-corrected chi connectivity index (χ0v) is 20.6. The average Bonchev–Trinajstić information content (AvgIpc) is 3.57. The Bertz CT molecular complexity index is 1810. The van der Waals surface area contributed by atoms with Crippen LogP contribution in [0.15, 0.2) is 61.2 Å². The minimum absolute atomic E-state index is 0.165. The summed E-state index contributed by atoms with van der Waals surface area (Å²) in [4.78, 5) is 21.3. The summed E-state index contributed by atoms with van der Waals surface area (Å²) in [5, 5.41) is 21.4. The molecule has 39 heavy (non-hydrogen) atoms. The number of piperidine rings is 1. The summed E-state index contributed by atoms with van der Waals surface area (Å²) < 4.78 is 20.2. The molecule has 7 rings (SSSR count). The second kappa shape index (κ2) is 9.44. The second-order valence-electron chi connectivity index (χ2n) is 9.51. The molecule has 1 aliphatic heterocycles. The number of nitrogens with zero attached hydrogens (tertiary/aromatic N) is 5. The lowest BCUT2D eigenvalue weighted by atomic mass is 10.1. The van der Waals surface area contributed by atoms with Gasteiger partial charge in [0.15, 0.2) is 17.1 Å². The third-order valence-corrected chi connectivity index (χ3v) is 6.85. The lowest BCUT2D eigenvalue weighted by molar-refractivity contribution is 0.162. The van der Waals surface area contributed by atoms with Crippen molar-refractivity contribution in [3.05, 3.63) is 67.0 Å². The lowest BCUT2D eigenvalue weighted by Crippen LogP contribution is -2.34. The molecule has 1 fully saturated rings. The molecule has 10 nitrogen and oxygen atoms in total. The van der Waals surface area contributed by atoms with Crippen molar-refractivity contribution in [3.63, 3.8) is 0 Å². The predicted octanol–water partition coefficient (Wildman–Crippen LogP) is 4.60. The van der Waals surface area contributed by atoms with Crippen LogP contribution in [0.1, 0.15) is 12.8 Å². The first-order chi connectivity index (χ1) is 19.1. The standard InChI is InChI=1S/C28H23FN8O2/c29-18-7-15(8-19(38)11-18)22-3-6-32-27-24(22)34-28(35-27)25-23-10-17(13-33-26(23)37-36-25)16-9-21(14-31-12-16)39-20-1-4-30-5-2-20/h3,6-14,20,30,38H,1-2,4-5H2,(H,32,34,35)(H,33,36,37). The van der Waals surface area contributed by atoms with Crippen LogP contribution < -0.4 is 10.1 Å². The molecule has 1 aromatic carbocycles. The molecule has 0 atom stereocenters. The topological polar surface area (TPSA) is 138 Å². The molecule has 0 spiro atoms. The Labute approximate surface area is 221 Å². The maximum atomic E-state index is 14.0. The number of rotatable bonds is 5. The maximum Gasteiger partial charge on any atom is 0.161 e. The summed E-state index contributed by atoms with van der Waals surface area (Å²) in [6.45, 7) is 1.90. The Balaban J connectivity index is 1.26. The van der Waals surface area contributed by atoms with E-state index in [0.29, 0.717) is 39.5 Å². The highest BCUT2D eigenvalue weighted by Gasteiger charge is 2.18. The molecule has 5 aromatic heterocycles. The molecule has 0 saturated carbocycles. The van der Waals surface area contributed by atoms with E-state index >= 15 is 0 Å². The first kappa shape index (κ1) is 23.2. The van der Waals surface area contributed by atoms with Crippen molar-refractivity contribution in [2.75, 3.05) is 13.1 Å². The molecule has 6 aromatic rings. The molecule has 194 valence electrons. The smallest absolute Gasteiger partial charge is 0.161 e. The number of phenols is 1. The van der Waals surface area contributed by atoms with Crippen LogP contribution in [0.5, 0.6) is 11.5 Å². The molecule has 11 heteroatoms. The highest BCUT2D eigenvalue weighted by atomic mass is 19.1. The maximum absolute atomic E-state index is 14.0. The van der Waals surface area contributed by atoms with Crippen LogP contribution in [0, 0.1) is 5.82 Å². The largest absolute Gasteiger partial charge is 0.508 e. The first-order valence-corrected chi connectivity index (χ1v) is 12.6. The van der Waals surface area contributed by atoms with E-state index in [0.717, 1.165) is 54.3 Å². The number of hydrogen-bond donors (Lipinski definition) is 4. The van der Waals surface area contributed by atoms with Crippen molar-refractivity contribution in [3.8, 4) is 45.3 Å². The van der Waals surface area contributed by atoms with E-state index in [1.165, 1.54) is 12.1 Å². The van der Waals surface area contributed by atoms with Gasteiger partial charge in [-0.25, -0.2) is 19.3 Å². The highest BCUT2D eigenvalue weighted by molar-refractivity contribution is 5.96. The summed E-state index contributed by atoms with van der Waals surface area (Å²) >= 11 is 0. The SMILES string of the molecule is Oc1cc(F)cc(-c2ccnc3[nH]c(-c4n[nH]c5ncc(-c6cncc(OC7CCNCC7)c6)cc45)nc23)c1. The molecular formula is C28H23FN8O2. The Morgan fingerprint density at radius 3 is 2.67 bits per heavy atom.